The van der Waals surface area contributed by atoms with Crippen molar-refractivity contribution in [2.24, 2.45) is 0 Å². The molecule has 33 heavy (non-hydrogen) atoms. The zero-order valence-corrected chi connectivity index (χ0v) is 24.3. The fraction of sp³-hybridized carbons (Fsp3) is 0.458. The summed E-state index contributed by atoms with van der Waals surface area (Å²) >= 11 is 10.7. The van der Waals surface area contributed by atoms with Gasteiger partial charge in [0.15, 0.2) is 0 Å². The van der Waals surface area contributed by atoms with E-state index in [9.17, 15) is 4.79 Å². The average Bonchev–Trinajstić information content (AvgIpc) is 2.76. The van der Waals surface area contributed by atoms with Crippen LogP contribution in [0.1, 0.15) is 17.5 Å². The van der Waals surface area contributed by atoms with Crippen LogP contribution in [0.15, 0.2) is 43.7 Å². The van der Waals surface area contributed by atoms with Crippen LogP contribution in [0.4, 0.5) is 0 Å². The van der Waals surface area contributed by atoms with Crippen molar-refractivity contribution >= 4 is 53.7 Å². The number of methoxy groups -OCH3 is 1. The van der Waals surface area contributed by atoms with E-state index in [-0.39, 0.29) is 11.9 Å². The highest BCUT2D eigenvalue weighted by molar-refractivity contribution is 9.11. The van der Waals surface area contributed by atoms with Gasteiger partial charge in [-0.25, -0.2) is 0 Å². The molecular weight excluding hydrogens is 618 g/mol. The first-order chi connectivity index (χ1) is 15.7. The lowest BCUT2D eigenvalue weighted by Gasteiger charge is -2.17. The van der Waals surface area contributed by atoms with E-state index in [0.717, 1.165) is 49.0 Å². The van der Waals surface area contributed by atoms with E-state index >= 15 is 0 Å². The molecule has 0 heterocycles. The molecule has 2 rings (SSSR count). The summed E-state index contributed by atoms with van der Waals surface area (Å²) in [5.41, 5.74) is 2.15. The normalized spacial score (nSPS) is 12.0. The highest BCUT2D eigenvalue weighted by Gasteiger charge is 2.17. The minimum atomic E-state index is -0.318. The van der Waals surface area contributed by atoms with Crippen LogP contribution in [0, 0.1) is 0 Å². The van der Waals surface area contributed by atoms with E-state index in [1.807, 2.05) is 30.3 Å². The second kappa shape index (κ2) is 14.3. The van der Waals surface area contributed by atoms with Crippen LogP contribution in [0.2, 0.25) is 0 Å². The van der Waals surface area contributed by atoms with Crippen LogP contribution in [-0.2, 0) is 17.6 Å². The van der Waals surface area contributed by atoms with E-state index in [1.165, 1.54) is 0 Å². The fourth-order valence-electron chi connectivity index (χ4n) is 3.30. The summed E-state index contributed by atoms with van der Waals surface area (Å²) in [7, 11) is 7.54. The molecule has 2 aromatic carbocycles. The van der Waals surface area contributed by atoms with Crippen molar-refractivity contribution in [3.8, 4) is 11.5 Å². The van der Waals surface area contributed by atoms with Gasteiger partial charge in [-0.05, 0) is 124 Å². The smallest absolute Gasteiger partial charge is 0.237 e. The number of rotatable bonds is 13. The molecule has 6 nitrogen and oxygen atoms in total. The Morgan fingerprint density at radius 3 is 2.30 bits per heavy atom. The Bertz CT molecular complexity index is 902. The maximum Gasteiger partial charge on any atom is 0.237 e. The lowest BCUT2D eigenvalue weighted by atomic mass is 10.0. The number of benzene rings is 2. The number of carbonyl (C=O) groups is 1. The monoisotopic (exact) mass is 647 g/mol. The molecule has 1 atom stereocenters. The van der Waals surface area contributed by atoms with Gasteiger partial charge in [-0.2, -0.15) is 0 Å². The van der Waals surface area contributed by atoms with Gasteiger partial charge in [0.1, 0.15) is 11.5 Å². The molecule has 0 radical (unpaired) electrons. The summed E-state index contributed by atoms with van der Waals surface area (Å²) in [6, 6.07) is 9.62. The van der Waals surface area contributed by atoms with Crippen LogP contribution in [0.25, 0.3) is 0 Å². The summed E-state index contributed by atoms with van der Waals surface area (Å²) in [5, 5.41) is 6.15. The average molecular weight is 650 g/mol. The molecule has 0 saturated heterocycles. The van der Waals surface area contributed by atoms with Crippen LogP contribution >= 0.6 is 47.8 Å². The molecule has 0 aliphatic heterocycles. The van der Waals surface area contributed by atoms with Gasteiger partial charge in [0, 0.05) is 13.1 Å². The van der Waals surface area contributed by atoms with E-state index in [4.69, 9.17) is 9.47 Å². The molecule has 0 saturated carbocycles. The van der Waals surface area contributed by atoms with Gasteiger partial charge < -0.3 is 25.0 Å². The largest absolute Gasteiger partial charge is 0.496 e. The van der Waals surface area contributed by atoms with E-state index in [0.29, 0.717) is 26.0 Å². The molecule has 182 valence electrons. The van der Waals surface area contributed by atoms with Gasteiger partial charge in [0.25, 0.3) is 0 Å². The highest BCUT2D eigenvalue weighted by atomic mass is 79.9. The number of halogens is 3. The van der Waals surface area contributed by atoms with E-state index in [1.54, 1.807) is 14.2 Å². The van der Waals surface area contributed by atoms with Gasteiger partial charge in [0.2, 0.25) is 5.91 Å². The van der Waals surface area contributed by atoms with Crippen molar-refractivity contribution in [2.75, 3.05) is 47.9 Å². The molecule has 0 aliphatic carbocycles. The van der Waals surface area contributed by atoms with Gasteiger partial charge in [-0.1, -0.05) is 6.07 Å². The predicted molar refractivity (Wildman–Crippen MR) is 144 cm³/mol. The highest BCUT2D eigenvalue weighted by Crippen LogP contribution is 2.35. The third-order valence-electron chi connectivity index (χ3n) is 5.09. The van der Waals surface area contributed by atoms with Crippen molar-refractivity contribution in [2.45, 2.75) is 25.3 Å². The number of hydrogen-bond donors (Lipinski definition) is 2. The Labute approximate surface area is 222 Å². The number of likely N-dealkylation sites (N-methyl/N-ethyl adjacent to an activating group) is 1. The molecule has 2 N–H and O–H groups in total. The first-order valence-electron chi connectivity index (χ1n) is 10.8. The minimum Gasteiger partial charge on any atom is -0.496 e. The molecule has 1 unspecified atom stereocenters. The van der Waals surface area contributed by atoms with Crippen LogP contribution < -0.4 is 20.1 Å². The van der Waals surface area contributed by atoms with Crippen molar-refractivity contribution in [1.82, 2.24) is 15.5 Å². The lowest BCUT2D eigenvalue weighted by Crippen LogP contribution is -2.44. The van der Waals surface area contributed by atoms with Crippen molar-refractivity contribution < 1.29 is 14.3 Å². The fourth-order valence-corrected chi connectivity index (χ4v) is 5.40. The summed E-state index contributed by atoms with van der Waals surface area (Å²) in [4.78, 5) is 14.8. The van der Waals surface area contributed by atoms with Gasteiger partial charge >= 0.3 is 0 Å². The quantitative estimate of drug-likeness (QED) is 0.306. The third kappa shape index (κ3) is 9.20. The first kappa shape index (κ1) is 28.1. The molecule has 0 spiro atoms. The molecule has 2 aromatic rings. The van der Waals surface area contributed by atoms with Crippen molar-refractivity contribution in [3.05, 3.63) is 54.9 Å². The number of ether oxygens (including phenoxy) is 2. The molecular formula is C24H32Br3N3O3. The Balaban J connectivity index is 1.87. The minimum absolute atomic E-state index is 0.0246. The van der Waals surface area contributed by atoms with Crippen LogP contribution in [0.5, 0.6) is 11.5 Å². The van der Waals surface area contributed by atoms with E-state index < -0.39 is 0 Å². The predicted octanol–water partition coefficient (Wildman–Crippen LogP) is 4.80. The standard InChI is InChI=1S/C24H32Br3N3O3/c1-28-21(15-16-6-7-22(32-4)18(25)12-16)24(31)29-9-8-17-13-19(26)23(20(27)14-17)33-11-5-10-30(2)3/h6-7,12-14,21,28H,5,8-11,15H2,1-4H3,(H,29,31). The lowest BCUT2D eigenvalue weighted by molar-refractivity contribution is -0.122. The number of nitrogens with zero attached hydrogens (tertiary/aromatic N) is 1. The Kier molecular flexibility index (Phi) is 12.2. The summed E-state index contributed by atoms with van der Waals surface area (Å²) < 4.78 is 13.9. The van der Waals surface area contributed by atoms with Crippen LogP contribution in [-0.4, -0.2) is 64.8 Å². The molecule has 0 fully saturated rings. The first-order valence-corrected chi connectivity index (χ1v) is 13.2. The number of hydrogen-bond acceptors (Lipinski definition) is 5. The van der Waals surface area contributed by atoms with Gasteiger partial charge in [-0.15, -0.1) is 0 Å². The molecule has 0 bridgehead atoms. The number of nitrogens with one attached hydrogen (secondary N) is 2. The molecule has 0 aliphatic rings. The SMILES string of the molecule is CNC(Cc1ccc(OC)c(Br)c1)C(=O)NCCc1cc(Br)c(OCCCN(C)C)c(Br)c1. The van der Waals surface area contributed by atoms with Gasteiger partial charge in [-0.3, -0.25) is 4.79 Å². The molecule has 0 aromatic heterocycles. The Morgan fingerprint density at radius 2 is 1.73 bits per heavy atom. The molecule has 9 heteroatoms. The second-order valence-electron chi connectivity index (χ2n) is 7.95. The van der Waals surface area contributed by atoms with Gasteiger partial charge in [0.05, 0.1) is 33.2 Å². The zero-order valence-electron chi connectivity index (χ0n) is 19.5. The number of carbonyl (C=O) groups excluding carboxylic acids is 1. The topological polar surface area (TPSA) is 62.8 Å². The van der Waals surface area contributed by atoms with Crippen LogP contribution in [0.3, 0.4) is 0 Å². The number of amides is 1. The summed E-state index contributed by atoms with van der Waals surface area (Å²) in [6.07, 6.45) is 2.26. The summed E-state index contributed by atoms with van der Waals surface area (Å²) in [6.45, 7) is 2.18. The Hall–Kier alpha value is -1.13. The Morgan fingerprint density at radius 1 is 1.06 bits per heavy atom. The maximum atomic E-state index is 12.7. The molecule has 1 amide bonds. The zero-order chi connectivity index (χ0) is 24.4. The van der Waals surface area contributed by atoms with Crippen molar-refractivity contribution in [3.63, 3.8) is 0 Å². The second-order valence-corrected chi connectivity index (χ2v) is 10.5. The summed E-state index contributed by atoms with van der Waals surface area (Å²) in [5.74, 6) is 1.55. The maximum absolute atomic E-state index is 12.7. The third-order valence-corrected chi connectivity index (χ3v) is 6.89. The van der Waals surface area contributed by atoms with Crippen molar-refractivity contribution in [1.29, 1.82) is 0 Å². The van der Waals surface area contributed by atoms with E-state index in [2.05, 4.69) is 77.4 Å².